The van der Waals surface area contributed by atoms with E-state index in [0.29, 0.717) is 44.8 Å². The van der Waals surface area contributed by atoms with Gasteiger partial charge in [0.2, 0.25) is 11.8 Å². The molecule has 0 aromatic heterocycles. The maximum Gasteiger partial charge on any atom is 0.226 e. The molecule has 3 rings (SSSR count). The average molecular weight is 376 g/mol. The summed E-state index contributed by atoms with van der Waals surface area (Å²) in [5.74, 6) is -0.528. The van der Waals surface area contributed by atoms with Crippen LogP contribution < -0.4 is 10.2 Å². The molecular formula is C20H29FN4O2. The molecule has 2 unspecified atom stereocenters. The Morgan fingerprint density at radius 3 is 2.52 bits per heavy atom. The Hall–Kier alpha value is -2.15. The lowest BCUT2D eigenvalue weighted by Crippen LogP contribution is -2.49. The number of hydrogen-bond acceptors (Lipinski definition) is 4. The lowest BCUT2D eigenvalue weighted by Gasteiger charge is -2.36. The summed E-state index contributed by atoms with van der Waals surface area (Å²) in [6.45, 7) is 3.94. The van der Waals surface area contributed by atoms with E-state index in [2.05, 4.69) is 10.2 Å². The van der Waals surface area contributed by atoms with Gasteiger partial charge >= 0.3 is 0 Å². The highest BCUT2D eigenvalue weighted by Gasteiger charge is 2.49. The Morgan fingerprint density at radius 1 is 1.15 bits per heavy atom. The zero-order valence-electron chi connectivity index (χ0n) is 16.2. The van der Waals surface area contributed by atoms with E-state index in [9.17, 15) is 14.0 Å². The standard InChI is InChI=1S/C20H29FN4O2/c1-23(2)9-5-8-22-19(26)15-14-16(15)20(27)25-12-10-24(11-13-25)18-7-4-3-6-17(18)21/h3-4,6-7,15-16H,5,8-14H2,1-2H3,(H,22,26). The van der Waals surface area contributed by atoms with Gasteiger partial charge in [0.1, 0.15) is 5.82 Å². The molecule has 0 bridgehead atoms. The minimum absolute atomic E-state index is 0.00269. The first-order chi connectivity index (χ1) is 13.0. The number of rotatable bonds is 7. The normalized spacial score (nSPS) is 22.1. The molecule has 1 aliphatic heterocycles. The molecule has 1 aromatic carbocycles. The molecule has 2 atom stereocenters. The first-order valence-corrected chi connectivity index (χ1v) is 9.68. The molecule has 0 radical (unpaired) electrons. The zero-order chi connectivity index (χ0) is 19.4. The molecule has 1 aliphatic carbocycles. The largest absolute Gasteiger partial charge is 0.366 e. The van der Waals surface area contributed by atoms with Crippen LogP contribution in [0.2, 0.25) is 0 Å². The van der Waals surface area contributed by atoms with E-state index in [1.54, 1.807) is 12.1 Å². The topological polar surface area (TPSA) is 55.9 Å². The number of amides is 2. The quantitative estimate of drug-likeness (QED) is 0.726. The summed E-state index contributed by atoms with van der Waals surface area (Å²) < 4.78 is 13.9. The predicted molar refractivity (Wildman–Crippen MR) is 103 cm³/mol. The molecule has 6 nitrogen and oxygen atoms in total. The summed E-state index contributed by atoms with van der Waals surface area (Å²) in [5.41, 5.74) is 0.589. The number of hydrogen-bond donors (Lipinski definition) is 1. The Bertz CT molecular complexity index is 674. The number of para-hydroxylation sites is 1. The van der Waals surface area contributed by atoms with Crippen LogP contribution in [0.3, 0.4) is 0 Å². The number of anilines is 1. The van der Waals surface area contributed by atoms with Crippen LogP contribution in [0.4, 0.5) is 10.1 Å². The highest BCUT2D eigenvalue weighted by atomic mass is 19.1. The predicted octanol–water partition coefficient (Wildman–Crippen LogP) is 1.18. The Kier molecular flexibility index (Phi) is 6.31. The Labute approximate surface area is 160 Å². The van der Waals surface area contributed by atoms with Crippen molar-refractivity contribution >= 4 is 17.5 Å². The molecule has 2 aliphatic rings. The number of carbonyl (C=O) groups excluding carboxylic acids is 2. The fourth-order valence-electron chi connectivity index (χ4n) is 3.61. The molecule has 1 heterocycles. The highest BCUT2D eigenvalue weighted by Crippen LogP contribution is 2.40. The van der Waals surface area contributed by atoms with Crippen LogP contribution in [0.1, 0.15) is 12.8 Å². The van der Waals surface area contributed by atoms with Gasteiger partial charge < -0.3 is 20.0 Å². The second-order valence-corrected chi connectivity index (χ2v) is 7.66. The fraction of sp³-hybridized carbons (Fsp3) is 0.600. The van der Waals surface area contributed by atoms with Crippen molar-refractivity contribution in [1.29, 1.82) is 0 Å². The van der Waals surface area contributed by atoms with Gasteiger partial charge in [-0.25, -0.2) is 4.39 Å². The number of piperazine rings is 1. The van der Waals surface area contributed by atoms with Crippen molar-refractivity contribution in [3.05, 3.63) is 30.1 Å². The van der Waals surface area contributed by atoms with Crippen LogP contribution in [0.25, 0.3) is 0 Å². The van der Waals surface area contributed by atoms with E-state index < -0.39 is 0 Å². The van der Waals surface area contributed by atoms with Gasteiger partial charge in [0.05, 0.1) is 17.5 Å². The number of nitrogens with zero attached hydrogens (tertiary/aromatic N) is 3. The van der Waals surface area contributed by atoms with Crippen LogP contribution in [-0.4, -0.2) is 75.0 Å². The smallest absolute Gasteiger partial charge is 0.226 e. The fourth-order valence-corrected chi connectivity index (χ4v) is 3.61. The maximum atomic E-state index is 13.9. The lowest BCUT2D eigenvalue weighted by atomic mass is 10.2. The Morgan fingerprint density at radius 2 is 1.85 bits per heavy atom. The second kappa shape index (κ2) is 8.69. The van der Waals surface area contributed by atoms with Crippen molar-refractivity contribution in [1.82, 2.24) is 15.1 Å². The van der Waals surface area contributed by atoms with Crippen molar-refractivity contribution in [2.45, 2.75) is 12.8 Å². The minimum Gasteiger partial charge on any atom is -0.366 e. The van der Waals surface area contributed by atoms with Gasteiger partial charge in [-0.15, -0.1) is 0 Å². The van der Waals surface area contributed by atoms with Gasteiger partial charge in [-0.3, -0.25) is 9.59 Å². The van der Waals surface area contributed by atoms with E-state index in [-0.39, 0.29) is 29.5 Å². The number of benzene rings is 1. The molecule has 2 amide bonds. The molecule has 148 valence electrons. The van der Waals surface area contributed by atoms with Crippen LogP contribution in [0.5, 0.6) is 0 Å². The summed E-state index contributed by atoms with van der Waals surface area (Å²) in [7, 11) is 4.01. The first kappa shape index (κ1) is 19.6. The van der Waals surface area contributed by atoms with Gasteiger partial charge in [0.25, 0.3) is 0 Å². The van der Waals surface area contributed by atoms with Crippen molar-refractivity contribution in [2.75, 3.05) is 58.3 Å². The zero-order valence-corrected chi connectivity index (χ0v) is 16.2. The summed E-state index contributed by atoms with van der Waals surface area (Å²) in [5, 5.41) is 2.94. The van der Waals surface area contributed by atoms with E-state index in [0.717, 1.165) is 13.0 Å². The first-order valence-electron chi connectivity index (χ1n) is 9.68. The summed E-state index contributed by atoms with van der Waals surface area (Å²) in [6, 6.07) is 6.72. The van der Waals surface area contributed by atoms with Crippen molar-refractivity contribution in [3.63, 3.8) is 0 Å². The molecule has 1 saturated carbocycles. The summed E-state index contributed by atoms with van der Waals surface area (Å²) in [6.07, 6.45) is 1.55. The Balaban J connectivity index is 1.41. The molecule has 27 heavy (non-hydrogen) atoms. The second-order valence-electron chi connectivity index (χ2n) is 7.66. The lowest BCUT2D eigenvalue weighted by molar-refractivity contribution is -0.135. The molecular weight excluding hydrogens is 347 g/mol. The molecule has 7 heteroatoms. The molecule has 1 saturated heterocycles. The van der Waals surface area contributed by atoms with Crippen LogP contribution in [0, 0.1) is 17.7 Å². The van der Waals surface area contributed by atoms with Crippen LogP contribution >= 0.6 is 0 Å². The van der Waals surface area contributed by atoms with Gasteiger partial charge in [0, 0.05) is 32.7 Å². The van der Waals surface area contributed by atoms with Gasteiger partial charge in [-0.1, -0.05) is 12.1 Å². The SMILES string of the molecule is CN(C)CCCNC(=O)C1CC1C(=O)N1CCN(c2ccccc2F)CC1. The molecule has 1 N–H and O–H groups in total. The number of nitrogens with one attached hydrogen (secondary N) is 1. The number of carbonyl (C=O) groups is 2. The third-order valence-corrected chi connectivity index (χ3v) is 5.31. The number of halogens is 1. The van der Waals surface area contributed by atoms with Gasteiger partial charge in [0.15, 0.2) is 0 Å². The van der Waals surface area contributed by atoms with Crippen molar-refractivity contribution in [2.24, 2.45) is 11.8 Å². The van der Waals surface area contributed by atoms with Crippen molar-refractivity contribution < 1.29 is 14.0 Å². The molecule has 1 aromatic rings. The van der Waals surface area contributed by atoms with Crippen LogP contribution in [-0.2, 0) is 9.59 Å². The minimum atomic E-state index is -0.231. The van der Waals surface area contributed by atoms with Crippen LogP contribution in [0.15, 0.2) is 24.3 Å². The van der Waals surface area contributed by atoms with Gasteiger partial charge in [-0.2, -0.15) is 0 Å². The highest BCUT2D eigenvalue weighted by molar-refractivity contribution is 5.92. The maximum absolute atomic E-state index is 13.9. The van der Waals surface area contributed by atoms with E-state index >= 15 is 0 Å². The van der Waals surface area contributed by atoms with Crippen molar-refractivity contribution in [3.8, 4) is 0 Å². The molecule has 0 spiro atoms. The monoisotopic (exact) mass is 376 g/mol. The van der Waals surface area contributed by atoms with Gasteiger partial charge in [-0.05, 0) is 45.6 Å². The molecule has 2 fully saturated rings. The third-order valence-electron chi connectivity index (χ3n) is 5.31. The average Bonchev–Trinajstić information content (AvgIpc) is 3.46. The summed E-state index contributed by atoms with van der Waals surface area (Å²) >= 11 is 0. The third kappa shape index (κ3) is 4.97. The van der Waals surface area contributed by atoms with E-state index in [4.69, 9.17) is 0 Å². The summed E-state index contributed by atoms with van der Waals surface area (Å²) in [4.78, 5) is 30.7. The van der Waals surface area contributed by atoms with E-state index in [1.165, 1.54) is 6.07 Å². The van der Waals surface area contributed by atoms with E-state index in [1.807, 2.05) is 30.0 Å².